The number of thioether (sulfide) groups is 1. The van der Waals surface area contributed by atoms with Crippen molar-refractivity contribution in [2.45, 2.75) is 62.0 Å². The summed E-state index contributed by atoms with van der Waals surface area (Å²) in [4.78, 5) is 85.7. The van der Waals surface area contributed by atoms with Crippen molar-refractivity contribution in [1.29, 1.82) is 0 Å². The Hall–Kier alpha value is -4.91. The molecule has 0 aliphatic carbocycles. The van der Waals surface area contributed by atoms with Gasteiger partial charge in [-0.05, 0) is 50.2 Å². The van der Waals surface area contributed by atoms with Gasteiger partial charge in [0.1, 0.15) is 28.8 Å². The number of nitrogens with zero attached hydrogens (tertiary/aromatic N) is 3. The number of nitrogens with one attached hydrogen (secondary N) is 3. The molecule has 0 radical (unpaired) electrons. The van der Waals surface area contributed by atoms with Crippen molar-refractivity contribution < 1.29 is 47.3 Å². The number of aromatic amines is 1. The van der Waals surface area contributed by atoms with Crippen LogP contribution in [0, 0.1) is 11.7 Å². The van der Waals surface area contributed by atoms with Gasteiger partial charge in [0.05, 0.1) is 61.9 Å². The van der Waals surface area contributed by atoms with Gasteiger partial charge in [0.25, 0.3) is 17.4 Å². The molecule has 4 aliphatic rings. The number of hydrogen-bond donors (Lipinski definition) is 3. The highest BCUT2D eigenvalue weighted by Crippen LogP contribution is 2.32. The zero-order chi connectivity index (χ0) is 40.6. The van der Waals surface area contributed by atoms with Gasteiger partial charge in [0.2, 0.25) is 17.7 Å². The predicted molar refractivity (Wildman–Crippen MR) is 210 cm³/mol. The van der Waals surface area contributed by atoms with Crippen molar-refractivity contribution in [1.82, 2.24) is 25.1 Å². The molecule has 7 rings (SSSR count). The third kappa shape index (κ3) is 9.85. The standard InChI is InChI=1S/C40H47FN6O10S/c41-28-20-25(21-30-36(28)38(51)44-32(43-30)23-58-26-8-14-54-15-9-26)57-22-24-6-12-46(13-7-24)34(49)10-16-55-18-19-56-17-11-42-29-3-1-2-27-35(29)40(53)47(39(27)52)31-4-5-33(48)45-37(31)50/h1-3,20-21,24,26,31,42H,4-19,22-23H2,(H,43,44,51)(H,45,48,50). The summed E-state index contributed by atoms with van der Waals surface area (Å²) in [5, 5.41) is 5.67. The number of fused-ring (bicyclic) bond motifs is 2. The van der Waals surface area contributed by atoms with Gasteiger partial charge in [-0.25, -0.2) is 9.37 Å². The van der Waals surface area contributed by atoms with Crippen LogP contribution in [0.25, 0.3) is 10.9 Å². The second kappa shape index (κ2) is 19.2. The van der Waals surface area contributed by atoms with Gasteiger partial charge in [-0.15, -0.1) is 0 Å². The molecule has 4 aliphatic heterocycles. The fourth-order valence-corrected chi connectivity index (χ4v) is 8.62. The molecule has 5 amide bonds. The third-order valence-electron chi connectivity index (χ3n) is 10.7. The smallest absolute Gasteiger partial charge is 0.264 e. The number of aromatic nitrogens is 2. The number of benzene rings is 2. The van der Waals surface area contributed by atoms with E-state index in [-0.39, 0.29) is 72.9 Å². The first-order chi connectivity index (χ1) is 28.2. The molecule has 0 spiro atoms. The fraction of sp³-hybridized carbons (Fsp3) is 0.525. The molecule has 0 bridgehead atoms. The summed E-state index contributed by atoms with van der Waals surface area (Å²) in [6.45, 7) is 4.43. The van der Waals surface area contributed by atoms with E-state index >= 15 is 0 Å². The number of likely N-dealkylation sites (tertiary alicyclic amines) is 1. The number of hydrogen-bond acceptors (Lipinski definition) is 13. The van der Waals surface area contributed by atoms with Gasteiger partial charge < -0.3 is 34.1 Å². The Bertz CT molecular complexity index is 2090. The molecule has 3 N–H and O–H groups in total. The van der Waals surface area contributed by atoms with Crippen molar-refractivity contribution in [2.24, 2.45) is 5.92 Å². The van der Waals surface area contributed by atoms with E-state index in [0.717, 1.165) is 43.8 Å². The molecule has 1 atom stereocenters. The van der Waals surface area contributed by atoms with Crippen molar-refractivity contribution in [3.63, 3.8) is 0 Å². The van der Waals surface area contributed by atoms with E-state index in [1.54, 1.807) is 30.0 Å². The molecule has 1 aromatic heterocycles. The van der Waals surface area contributed by atoms with Crippen LogP contribution in [0.4, 0.5) is 10.1 Å². The molecule has 16 nitrogen and oxygen atoms in total. The number of halogens is 1. The lowest BCUT2D eigenvalue weighted by atomic mass is 9.97. The summed E-state index contributed by atoms with van der Waals surface area (Å²) in [5.41, 5.74) is 0.582. The zero-order valence-corrected chi connectivity index (χ0v) is 32.9. The average Bonchev–Trinajstić information content (AvgIpc) is 3.47. The summed E-state index contributed by atoms with van der Waals surface area (Å²) in [5.74, 6) is -1.40. The lowest BCUT2D eigenvalue weighted by Crippen LogP contribution is -2.54. The third-order valence-corrected chi connectivity index (χ3v) is 12.1. The van der Waals surface area contributed by atoms with Gasteiger partial charge in [0.15, 0.2) is 0 Å². The number of carbonyl (C=O) groups is 5. The molecule has 3 saturated heterocycles. The first kappa shape index (κ1) is 41.3. The van der Waals surface area contributed by atoms with E-state index in [1.807, 2.05) is 4.90 Å². The number of H-pyrrole nitrogens is 1. The normalized spacial score (nSPS) is 19.2. The SMILES string of the molecule is O=C1CCC(N2C(=O)c3cccc(NCCOCCOCCC(=O)N4CCC(COc5cc(F)c6c(=O)[nH]c(CSC7CCOCC7)nc6c5)CC4)c3C2=O)C(=O)N1. The van der Waals surface area contributed by atoms with Crippen LogP contribution in [0.2, 0.25) is 0 Å². The van der Waals surface area contributed by atoms with Crippen molar-refractivity contribution >= 4 is 57.9 Å². The fourth-order valence-electron chi connectivity index (χ4n) is 7.56. The Labute approximate surface area is 337 Å². The van der Waals surface area contributed by atoms with Crippen LogP contribution in [-0.2, 0) is 34.3 Å². The summed E-state index contributed by atoms with van der Waals surface area (Å²) < 4.78 is 37.6. The lowest BCUT2D eigenvalue weighted by Gasteiger charge is -2.32. The molecule has 1 unspecified atom stereocenters. The van der Waals surface area contributed by atoms with Gasteiger partial charge in [-0.3, -0.25) is 39.0 Å². The number of amides is 5. The first-order valence-corrected chi connectivity index (χ1v) is 20.8. The highest BCUT2D eigenvalue weighted by atomic mass is 32.2. The molecule has 2 aromatic carbocycles. The molecular weight excluding hydrogens is 776 g/mol. The van der Waals surface area contributed by atoms with Crippen LogP contribution in [0.5, 0.6) is 5.75 Å². The van der Waals surface area contributed by atoms with E-state index in [1.165, 1.54) is 12.1 Å². The van der Waals surface area contributed by atoms with Crippen molar-refractivity contribution in [2.75, 3.05) is 71.2 Å². The Morgan fingerprint density at radius 1 is 0.966 bits per heavy atom. The highest BCUT2D eigenvalue weighted by molar-refractivity contribution is 7.99. The zero-order valence-electron chi connectivity index (χ0n) is 32.1. The van der Waals surface area contributed by atoms with Crippen LogP contribution in [0.1, 0.15) is 71.5 Å². The molecule has 3 fully saturated rings. The number of rotatable bonds is 17. The Morgan fingerprint density at radius 3 is 2.52 bits per heavy atom. The quantitative estimate of drug-likeness (QED) is 0.133. The molecule has 5 heterocycles. The molecule has 0 saturated carbocycles. The summed E-state index contributed by atoms with van der Waals surface area (Å²) in [6, 6.07) is 6.66. The van der Waals surface area contributed by atoms with Crippen LogP contribution in [0.15, 0.2) is 35.1 Å². The number of piperidine rings is 2. The van der Waals surface area contributed by atoms with Gasteiger partial charge in [-0.1, -0.05) is 6.07 Å². The van der Waals surface area contributed by atoms with E-state index in [4.69, 9.17) is 18.9 Å². The predicted octanol–water partition coefficient (Wildman–Crippen LogP) is 3.03. The molecule has 58 heavy (non-hydrogen) atoms. The van der Waals surface area contributed by atoms with E-state index < -0.39 is 41.0 Å². The second-order valence-corrected chi connectivity index (χ2v) is 15.9. The maximum Gasteiger partial charge on any atom is 0.264 e. The van der Waals surface area contributed by atoms with Crippen LogP contribution < -0.4 is 20.9 Å². The number of carbonyl (C=O) groups excluding carboxylic acids is 5. The summed E-state index contributed by atoms with van der Waals surface area (Å²) >= 11 is 1.71. The Balaban J connectivity index is 0.762. The number of ether oxygens (including phenoxy) is 4. The average molecular weight is 823 g/mol. The van der Waals surface area contributed by atoms with E-state index in [2.05, 4.69) is 20.6 Å². The molecule has 310 valence electrons. The van der Waals surface area contributed by atoms with Crippen LogP contribution in [0.3, 0.4) is 0 Å². The Kier molecular flexibility index (Phi) is 13.7. The first-order valence-electron chi connectivity index (χ1n) is 19.7. The van der Waals surface area contributed by atoms with E-state index in [0.29, 0.717) is 61.1 Å². The minimum absolute atomic E-state index is 0.00256. The summed E-state index contributed by atoms with van der Waals surface area (Å²) in [7, 11) is 0. The Morgan fingerprint density at radius 2 is 1.74 bits per heavy atom. The largest absolute Gasteiger partial charge is 0.493 e. The molecule has 18 heteroatoms. The number of imide groups is 2. The van der Waals surface area contributed by atoms with Crippen molar-refractivity contribution in [3.8, 4) is 5.75 Å². The minimum Gasteiger partial charge on any atom is -0.493 e. The topological polar surface area (TPSA) is 199 Å². The van der Waals surface area contributed by atoms with Crippen molar-refractivity contribution in [3.05, 3.63) is 63.5 Å². The maximum absolute atomic E-state index is 15.0. The maximum atomic E-state index is 15.0. The number of anilines is 1. The van der Waals surface area contributed by atoms with Gasteiger partial charge in [-0.2, -0.15) is 11.8 Å². The molecular formula is C40H47FN6O10S. The van der Waals surface area contributed by atoms with Gasteiger partial charge in [0, 0.05) is 62.3 Å². The lowest BCUT2D eigenvalue weighted by molar-refractivity contribution is -0.136. The monoisotopic (exact) mass is 822 g/mol. The van der Waals surface area contributed by atoms with Crippen LogP contribution >= 0.6 is 11.8 Å². The van der Waals surface area contributed by atoms with Crippen LogP contribution in [-0.4, -0.2) is 126 Å². The minimum atomic E-state index is -1.04. The molecule has 3 aromatic rings. The summed E-state index contributed by atoms with van der Waals surface area (Å²) in [6.07, 6.45) is 3.75. The van der Waals surface area contributed by atoms with Gasteiger partial charge >= 0.3 is 0 Å². The van der Waals surface area contributed by atoms with E-state index in [9.17, 15) is 33.2 Å². The highest BCUT2D eigenvalue weighted by Gasteiger charge is 2.45. The second-order valence-electron chi connectivity index (χ2n) is 14.6.